The molecule has 0 aliphatic heterocycles. The molecular formula is C21H26ClN3O3S2. The van der Waals surface area contributed by atoms with Crippen LogP contribution >= 0.6 is 35.1 Å². The van der Waals surface area contributed by atoms with E-state index in [9.17, 15) is 4.79 Å². The Hall–Kier alpha value is -2.13. The van der Waals surface area contributed by atoms with Crippen LogP contribution in [0.2, 0.25) is 0 Å². The van der Waals surface area contributed by atoms with Crippen LogP contribution in [-0.2, 0) is 4.79 Å². The van der Waals surface area contributed by atoms with Crippen molar-refractivity contribution >= 4 is 62.4 Å². The van der Waals surface area contributed by atoms with E-state index in [0.29, 0.717) is 22.9 Å². The number of aromatic nitrogens is 1. The summed E-state index contributed by atoms with van der Waals surface area (Å²) < 4.78 is 11.8. The minimum Gasteiger partial charge on any atom is -0.495 e. The van der Waals surface area contributed by atoms with Crippen LogP contribution in [-0.4, -0.2) is 57.2 Å². The lowest BCUT2D eigenvalue weighted by atomic mass is 10.3. The number of hydrogen-bond donors (Lipinski definition) is 0. The Balaban J connectivity index is 0.00000320. The van der Waals surface area contributed by atoms with E-state index >= 15 is 0 Å². The van der Waals surface area contributed by atoms with Gasteiger partial charge in [0, 0.05) is 17.5 Å². The molecule has 0 aliphatic rings. The maximum atomic E-state index is 13.0. The standard InChI is InChI=1S/C21H25N3O3S2.ClH/c1-23(2)12-6-13-24(18(25)11-8-15-7-5-14-28-15)21-22-19-16(26-3)9-10-17(27-4)20(19)29-21;/h5,7-11,14H,6,12-13H2,1-4H3;1H. The molecule has 2 aromatic heterocycles. The first kappa shape index (κ1) is 24.1. The summed E-state index contributed by atoms with van der Waals surface area (Å²) in [5, 5.41) is 2.63. The lowest BCUT2D eigenvalue weighted by Gasteiger charge is -2.19. The number of ether oxygens (including phenoxy) is 2. The Morgan fingerprint density at radius 2 is 1.87 bits per heavy atom. The Bertz CT molecular complexity index is 946. The fourth-order valence-electron chi connectivity index (χ4n) is 2.86. The number of hydrogen-bond acceptors (Lipinski definition) is 7. The second kappa shape index (κ2) is 11.3. The van der Waals surface area contributed by atoms with Crippen LogP contribution in [0.5, 0.6) is 11.5 Å². The molecule has 0 bridgehead atoms. The van der Waals surface area contributed by atoms with Gasteiger partial charge in [-0.1, -0.05) is 17.4 Å². The third-order valence-corrected chi connectivity index (χ3v) is 6.25. The Morgan fingerprint density at radius 1 is 1.13 bits per heavy atom. The van der Waals surface area contributed by atoms with Gasteiger partial charge in [0.2, 0.25) is 0 Å². The summed E-state index contributed by atoms with van der Waals surface area (Å²) in [5.74, 6) is 1.30. The van der Waals surface area contributed by atoms with Crippen molar-refractivity contribution in [2.24, 2.45) is 0 Å². The molecule has 3 aromatic rings. The van der Waals surface area contributed by atoms with Crippen molar-refractivity contribution in [3.8, 4) is 11.5 Å². The average Bonchev–Trinajstić information content (AvgIpc) is 3.38. The van der Waals surface area contributed by atoms with E-state index in [1.807, 2.05) is 49.8 Å². The van der Waals surface area contributed by atoms with Gasteiger partial charge in [-0.3, -0.25) is 9.69 Å². The molecule has 1 amide bonds. The van der Waals surface area contributed by atoms with Crippen LogP contribution in [0.1, 0.15) is 11.3 Å². The Labute approximate surface area is 191 Å². The number of amides is 1. The number of methoxy groups -OCH3 is 2. The number of rotatable bonds is 9. The molecule has 1 aromatic carbocycles. The molecule has 0 atom stereocenters. The smallest absolute Gasteiger partial charge is 0.252 e. The number of thiophene rings is 1. The maximum Gasteiger partial charge on any atom is 0.252 e. The summed E-state index contributed by atoms with van der Waals surface area (Å²) in [5.41, 5.74) is 0.708. The molecule has 2 heterocycles. The van der Waals surface area contributed by atoms with E-state index in [4.69, 9.17) is 14.5 Å². The van der Waals surface area contributed by atoms with Gasteiger partial charge in [-0.2, -0.15) is 0 Å². The van der Waals surface area contributed by atoms with Gasteiger partial charge in [0.1, 0.15) is 21.7 Å². The largest absolute Gasteiger partial charge is 0.495 e. The number of thiazole rings is 1. The van der Waals surface area contributed by atoms with E-state index in [2.05, 4.69) is 4.90 Å². The monoisotopic (exact) mass is 467 g/mol. The van der Waals surface area contributed by atoms with Crippen molar-refractivity contribution in [1.82, 2.24) is 9.88 Å². The van der Waals surface area contributed by atoms with Crippen molar-refractivity contribution in [2.45, 2.75) is 6.42 Å². The zero-order chi connectivity index (χ0) is 20.8. The highest BCUT2D eigenvalue weighted by atomic mass is 35.5. The SMILES string of the molecule is COc1ccc(OC)c2sc(N(CCCN(C)C)C(=O)C=Cc3cccs3)nc12.Cl. The normalized spacial score (nSPS) is 11.1. The highest BCUT2D eigenvalue weighted by molar-refractivity contribution is 7.22. The Morgan fingerprint density at radius 3 is 2.50 bits per heavy atom. The number of halogens is 1. The molecule has 0 unspecified atom stereocenters. The zero-order valence-corrected chi connectivity index (χ0v) is 19.9. The molecule has 0 spiro atoms. The number of carbonyl (C=O) groups is 1. The minimum absolute atomic E-state index is 0. The molecule has 0 saturated heterocycles. The summed E-state index contributed by atoms with van der Waals surface area (Å²) in [4.78, 5) is 22.6. The summed E-state index contributed by atoms with van der Waals surface area (Å²) in [6, 6.07) is 7.64. The van der Waals surface area contributed by atoms with Crippen LogP contribution < -0.4 is 14.4 Å². The Kier molecular flexibility index (Phi) is 9.10. The third-order valence-electron chi connectivity index (χ3n) is 4.32. The van der Waals surface area contributed by atoms with Crippen molar-refractivity contribution in [1.29, 1.82) is 0 Å². The van der Waals surface area contributed by atoms with Crippen molar-refractivity contribution in [3.05, 3.63) is 40.6 Å². The van der Waals surface area contributed by atoms with Gasteiger partial charge in [-0.15, -0.1) is 23.7 Å². The van der Waals surface area contributed by atoms with E-state index in [-0.39, 0.29) is 18.3 Å². The highest BCUT2D eigenvalue weighted by Gasteiger charge is 2.21. The summed E-state index contributed by atoms with van der Waals surface area (Å²) in [7, 11) is 7.29. The summed E-state index contributed by atoms with van der Waals surface area (Å²) in [6.07, 6.45) is 4.30. The van der Waals surface area contributed by atoms with E-state index < -0.39 is 0 Å². The molecule has 3 rings (SSSR count). The van der Waals surface area contributed by atoms with Gasteiger partial charge >= 0.3 is 0 Å². The molecule has 0 fully saturated rings. The predicted molar refractivity (Wildman–Crippen MR) is 129 cm³/mol. The second-order valence-electron chi connectivity index (χ2n) is 6.64. The average molecular weight is 468 g/mol. The number of fused-ring (bicyclic) bond motifs is 1. The van der Waals surface area contributed by atoms with Gasteiger partial charge < -0.3 is 14.4 Å². The number of carbonyl (C=O) groups excluding carboxylic acids is 1. The zero-order valence-electron chi connectivity index (χ0n) is 17.5. The molecule has 0 saturated carbocycles. The fourth-order valence-corrected chi connectivity index (χ4v) is 4.59. The number of anilines is 1. The predicted octanol–water partition coefficient (Wildman–Crippen LogP) is 4.79. The lowest BCUT2D eigenvalue weighted by molar-refractivity contribution is -0.114. The van der Waals surface area contributed by atoms with Gasteiger partial charge in [-0.05, 0) is 56.7 Å². The van der Waals surface area contributed by atoms with Gasteiger partial charge in [0.25, 0.3) is 5.91 Å². The summed E-state index contributed by atoms with van der Waals surface area (Å²) in [6.45, 7) is 1.46. The van der Waals surface area contributed by atoms with Crippen LogP contribution in [0, 0.1) is 0 Å². The lowest BCUT2D eigenvalue weighted by Crippen LogP contribution is -2.32. The van der Waals surface area contributed by atoms with Crippen molar-refractivity contribution < 1.29 is 14.3 Å². The molecule has 0 aliphatic carbocycles. The quantitative estimate of drug-likeness (QED) is 0.423. The fraction of sp³-hybridized carbons (Fsp3) is 0.333. The van der Waals surface area contributed by atoms with Gasteiger partial charge in [0.15, 0.2) is 5.13 Å². The second-order valence-corrected chi connectivity index (χ2v) is 8.60. The summed E-state index contributed by atoms with van der Waals surface area (Å²) >= 11 is 3.04. The number of nitrogens with zero attached hydrogens (tertiary/aromatic N) is 3. The molecular weight excluding hydrogens is 442 g/mol. The van der Waals surface area contributed by atoms with Gasteiger partial charge in [0.05, 0.1) is 14.2 Å². The van der Waals surface area contributed by atoms with E-state index in [0.717, 1.165) is 28.3 Å². The van der Waals surface area contributed by atoms with Crippen molar-refractivity contribution in [3.63, 3.8) is 0 Å². The molecule has 9 heteroatoms. The van der Waals surface area contributed by atoms with Crippen LogP contribution in [0.25, 0.3) is 16.3 Å². The first-order chi connectivity index (χ1) is 14.0. The van der Waals surface area contributed by atoms with Crippen molar-refractivity contribution in [2.75, 3.05) is 46.3 Å². The molecule has 0 N–H and O–H groups in total. The number of benzene rings is 1. The molecule has 162 valence electrons. The maximum absolute atomic E-state index is 13.0. The first-order valence-corrected chi connectivity index (χ1v) is 10.9. The van der Waals surface area contributed by atoms with Crippen LogP contribution in [0.4, 0.5) is 5.13 Å². The van der Waals surface area contributed by atoms with Crippen LogP contribution in [0.15, 0.2) is 35.7 Å². The van der Waals surface area contributed by atoms with E-state index in [1.54, 1.807) is 36.5 Å². The van der Waals surface area contributed by atoms with E-state index in [1.165, 1.54) is 11.3 Å². The molecule has 0 radical (unpaired) electrons. The third kappa shape index (κ3) is 5.72. The minimum atomic E-state index is -0.0888. The molecule has 30 heavy (non-hydrogen) atoms. The van der Waals surface area contributed by atoms with Crippen LogP contribution in [0.3, 0.4) is 0 Å². The van der Waals surface area contributed by atoms with Gasteiger partial charge in [-0.25, -0.2) is 4.98 Å². The molecule has 6 nitrogen and oxygen atoms in total. The highest BCUT2D eigenvalue weighted by Crippen LogP contribution is 2.40. The topological polar surface area (TPSA) is 54.9 Å². The first-order valence-electron chi connectivity index (χ1n) is 9.22.